The highest BCUT2D eigenvalue weighted by Crippen LogP contribution is 2.42. The first kappa shape index (κ1) is 17.1. The van der Waals surface area contributed by atoms with Gasteiger partial charge in [0.1, 0.15) is 0 Å². The normalized spacial score (nSPS) is 21.8. The highest BCUT2D eigenvalue weighted by molar-refractivity contribution is 5.53. The monoisotopic (exact) mass is 306 g/mol. The van der Waals surface area contributed by atoms with E-state index in [1.165, 1.54) is 24.0 Å². The van der Waals surface area contributed by atoms with Gasteiger partial charge in [-0.2, -0.15) is 0 Å². The van der Waals surface area contributed by atoms with Crippen LogP contribution in [0.1, 0.15) is 58.1 Å². The molecule has 1 aromatic carbocycles. The Labute approximate surface area is 135 Å². The first-order valence-electron chi connectivity index (χ1n) is 8.73. The lowest BCUT2D eigenvalue weighted by molar-refractivity contribution is 0.0129. The Morgan fingerprint density at radius 3 is 2.50 bits per heavy atom. The second kappa shape index (κ2) is 8.42. The van der Waals surface area contributed by atoms with Gasteiger partial charge in [-0.1, -0.05) is 46.6 Å². The summed E-state index contributed by atoms with van der Waals surface area (Å²) in [7, 11) is 0. The number of hydrogen-bond acceptors (Lipinski definition) is 3. The minimum absolute atomic E-state index is 0.313. The number of ether oxygens (including phenoxy) is 3. The van der Waals surface area contributed by atoms with E-state index in [1.54, 1.807) is 0 Å². The molecule has 2 atom stereocenters. The van der Waals surface area contributed by atoms with E-state index in [0.717, 1.165) is 37.4 Å². The van der Waals surface area contributed by atoms with Crippen LogP contribution >= 0.6 is 0 Å². The number of rotatable bonds is 4. The van der Waals surface area contributed by atoms with Crippen molar-refractivity contribution >= 4 is 0 Å². The molecule has 0 spiro atoms. The van der Waals surface area contributed by atoms with Gasteiger partial charge in [-0.15, -0.1) is 0 Å². The van der Waals surface area contributed by atoms with Crippen molar-refractivity contribution in [2.75, 3.05) is 13.4 Å². The predicted octanol–water partition coefficient (Wildman–Crippen LogP) is 4.75. The summed E-state index contributed by atoms with van der Waals surface area (Å²) in [4.78, 5) is 0. The Kier molecular flexibility index (Phi) is 6.56. The molecule has 0 amide bonds. The van der Waals surface area contributed by atoms with E-state index in [-0.39, 0.29) is 0 Å². The van der Waals surface area contributed by atoms with Gasteiger partial charge in [0.05, 0.1) is 6.10 Å². The lowest BCUT2D eigenvalue weighted by atomic mass is 9.82. The van der Waals surface area contributed by atoms with Gasteiger partial charge in [-0.25, -0.2) is 0 Å². The maximum absolute atomic E-state index is 5.96. The highest BCUT2D eigenvalue weighted by atomic mass is 16.7. The van der Waals surface area contributed by atoms with Crippen LogP contribution in [0.15, 0.2) is 12.1 Å². The van der Waals surface area contributed by atoms with E-state index in [1.807, 2.05) is 6.07 Å². The quantitative estimate of drug-likeness (QED) is 0.803. The van der Waals surface area contributed by atoms with Gasteiger partial charge in [-0.05, 0) is 30.4 Å². The molecule has 1 heterocycles. The van der Waals surface area contributed by atoms with E-state index in [0.29, 0.717) is 18.8 Å². The van der Waals surface area contributed by atoms with E-state index in [2.05, 4.69) is 33.8 Å². The third kappa shape index (κ3) is 3.95. The third-order valence-electron chi connectivity index (χ3n) is 4.36. The Morgan fingerprint density at radius 1 is 1.05 bits per heavy atom. The topological polar surface area (TPSA) is 27.7 Å². The van der Waals surface area contributed by atoms with Gasteiger partial charge < -0.3 is 14.2 Å². The molecule has 3 nitrogen and oxygen atoms in total. The molecule has 0 radical (unpaired) electrons. The zero-order valence-electron chi connectivity index (χ0n) is 14.5. The van der Waals surface area contributed by atoms with Crippen LogP contribution in [0.25, 0.3) is 0 Å². The standard InChI is InChI=1S/C15H20O3.C4H10/c1-3-6-16-14-8-12-11(7-10(14)2)4-5-13-15(12)18-9-17-13;1-3-4-2/h4-5,10,14H,3,6-9H2,1-2H3;3-4H2,1-2H3/t10-,14-;/m1./s1. The lowest BCUT2D eigenvalue weighted by Gasteiger charge is -2.31. The van der Waals surface area contributed by atoms with E-state index < -0.39 is 0 Å². The van der Waals surface area contributed by atoms with Gasteiger partial charge in [0.2, 0.25) is 6.79 Å². The van der Waals surface area contributed by atoms with Crippen molar-refractivity contribution < 1.29 is 14.2 Å². The van der Waals surface area contributed by atoms with Crippen molar-refractivity contribution in [1.29, 1.82) is 0 Å². The zero-order valence-corrected chi connectivity index (χ0v) is 14.5. The fourth-order valence-electron chi connectivity index (χ4n) is 2.86. The summed E-state index contributed by atoms with van der Waals surface area (Å²) in [6, 6.07) is 4.20. The average Bonchev–Trinajstić information content (AvgIpc) is 3.02. The molecular formula is C19H30O3. The van der Waals surface area contributed by atoms with Crippen LogP contribution in [0, 0.1) is 5.92 Å². The van der Waals surface area contributed by atoms with Gasteiger partial charge >= 0.3 is 0 Å². The predicted molar refractivity (Wildman–Crippen MR) is 89.8 cm³/mol. The SMILES string of the molecule is CCCC.CCCO[C@@H]1Cc2c(ccc3c2OCO3)C[C@H]1C. The summed E-state index contributed by atoms with van der Waals surface area (Å²) in [5, 5.41) is 0. The maximum atomic E-state index is 5.96. The molecule has 1 aromatic rings. The van der Waals surface area contributed by atoms with Crippen LogP contribution in [0.5, 0.6) is 11.5 Å². The van der Waals surface area contributed by atoms with Crippen LogP contribution in [-0.4, -0.2) is 19.5 Å². The van der Waals surface area contributed by atoms with Gasteiger partial charge in [-0.3, -0.25) is 0 Å². The second-order valence-electron chi connectivity index (χ2n) is 6.23. The Bertz CT molecular complexity index is 468. The Balaban J connectivity index is 0.000000396. The molecule has 0 saturated carbocycles. The minimum atomic E-state index is 0.313. The molecule has 1 aliphatic heterocycles. The molecule has 22 heavy (non-hydrogen) atoms. The lowest BCUT2D eigenvalue weighted by Crippen LogP contribution is -2.31. The molecule has 0 fully saturated rings. The summed E-state index contributed by atoms with van der Waals surface area (Å²) >= 11 is 0. The second-order valence-corrected chi connectivity index (χ2v) is 6.23. The van der Waals surface area contributed by atoms with Crippen molar-refractivity contribution in [2.24, 2.45) is 5.92 Å². The van der Waals surface area contributed by atoms with E-state index in [9.17, 15) is 0 Å². The molecule has 3 rings (SSSR count). The minimum Gasteiger partial charge on any atom is -0.454 e. The molecule has 0 bridgehead atoms. The first-order chi connectivity index (χ1) is 10.7. The molecule has 0 unspecified atom stereocenters. The maximum Gasteiger partial charge on any atom is 0.231 e. The third-order valence-corrected chi connectivity index (χ3v) is 4.36. The zero-order chi connectivity index (χ0) is 15.9. The highest BCUT2D eigenvalue weighted by Gasteiger charge is 2.31. The van der Waals surface area contributed by atoms with E-state index in [4.69, 9.17) is 14.2 Å². The summed E-state index contributed by atoms with van der Waals surface area (Å²) in [6.07, 6.45) is 6.04. The molecule has 124 valence electrons. The van der Waals surface area contributed by atoms with Gasteiger partial charge in [0.25, 0.3) is 0 Å². The number of benzene rings is 1. The summed E-state index contributed by atoms with van der Waals surface area (Å²) in [5.74, 6) is 2.41. The van der Waals surface area contributed by atoms with Crippen molar-refractivity contribution in [3.05, 3.63) is 23.3 Å². The van der Waals surface area contributed by atoms with Crippen LogP contribution < -0.4 is 9.47 Å². The van der Waals surface area contributed by atoms with Crippen LogP contribution in [0.4, 0.5) is 0 Å². The van der Waals surface area contributed by atoms with Crippen molar-refractivity contribution in [2.45, 2.75) is 65.9 Å². The van der Waals surface area contributed by atoms with Gasteiger partial charge in [0, 0.05) is 18.6 Å². The van der Waals surface area contributed by atoms with Crippen molar-refractivity contribution in [3.8, 4) is 11.5 Å². The molecule has 3 heteroatoms. The molecular weight excluding hydrogens is 276 g/mol. The smallest absolute Gasteiger partial charge is 0.231 e. The summed E-state index contributed by atoms with van der Waals surface area (Å²) < 4.78 is 17.0. The molecule has 0 N–H and O–H groups in total. The van der Waals surface area contributed by atoms with Crippen LogP contribution in [-0.2, 0) is 17.6 Å². The number of hydrogen-bond donors (Lipinski definition) is 0. The van der Waals surface area contributed by atoms with E-state index >= 15 is 0 Å². The number of unbranched alkanes of at least 4 members (excludes halogenated alkanes) is 1. The Hall–Kier alpha value is -1.22. The molecule has 0 saturated heterocycles. The summed E-state index contributed by atoms with van der Waals surface area (Å²) in [5.41, 5.74) is 2.69. The fourth-order valence-corrected chi connectivity index (χ4v) is 2.86. The van der Waals surface area contributed by atoms with Crippen molar-refractivity contribution in [1.82, 2.24) is 0 Å². The molecule has 2 aliphatic rings. The average molecular weight is 306 g/mol. The summed E-state index contributed by atoms with van der Waals surface area (Å²) in [6.45, 7) is 9.97. The van der Waals surface area contributed by atoms with Crippen LogP contribution in [0.3, 0.4) is 0 Å². The van der Waals surface area contributed by atoms with Crippen LogP contribution in [0.2, 0.25) is 0 Å². The first-order valence-corrected chi connectivity index (χ1v) is 8.73. The van der Waals surface area contributed by atoms with Crippen molar-refractivity contribution in [3.63, 3.8) is 0 Å². The fraction of sp³-hybridized carbons (Fsp3) is 0.684. The largest absolute Gasteiger partial charge is 0.454 e. The van der Waals surface area contributed by atoms with Gasteiger partial charge in [0.15, 0.2) is 11.5 Å². The molecule has 1 aliphatic carbocycles. The molecule has 0 aromatic heterocycles. The number of fused-ring (bicyclic) bond motifs is 3. The Morgan fingerprint density at radius 2 is 1.82 bits per heavy atom.